The zero-order chi connectivity index (χ0) is 19.5. The van der Waals surface area contributed by atoms with Gasteiger partial charge in [-0.15, -0.1) is 0 Å². The van der Waals surface area contributed by atoms with Gasteiger partial charge < -0.3 is 14.8 Å². The Morgan fingerprint density at radius 1 is 1.04 bits per heavy atom. The van der Waals surface area contributed by atoms with Crippen LogP contribution in [0.25, 0.3) is 0 Å². The van der Waals surface area contributed by atoms with Crippen molar-refractivity contribution in [2.45, 2.75) is 38.1 Å². The first-order valence-corrected chi connectivity index (χ1v) is 10.1. The highest BCUT2D eigenvalue weighted by Crippen LogP contribution is 2.34. The topological polar surface area (TPSA) is 50.8 Å². The third-order valence-corrected chi connectivity index (χ3v) is 5.99. The van der Waals surface area contributed by atoms with Crippen molar-refractivity contribution in [2.24, 2.45) is 0 Å². The van der Waals surface area contributed by atoms with Gasteiger partial charge in [0.15, 0.2) is 11.5 Å². The SMILES string of the molecule is CNC(=O)c1ccc(OC)c(Oc2ccc3c(c2)CCN(C2CCC2)CC3)c1. The molecule has 1 amide bonds. The largest absolute Gasteiger partial charge is 0.493 e. The van der Waals surface area contributed by atoms with Gasteiger partial charge in [-0.3, -0.25) is 9.69 Å². The smallest absolute Gasteiger partial charge is 0.251 e. The van der Waals surface area contributed by atoms with Gasteiger partial charge in [-0.2, -0.15) is 0 Å². The molecular formula is C23H28N2O3. The van der Waals surface area contributed by atoms with Gasteiger partial charge in [-0.1, -0.05) is 12.5 Å². The summed E-state index contributed by atoms with van der Waals surface area (Å²) in [6, 6.07) is 12.4. The van der Waals surface area contributed by atoms with E-state index < -0.39 is 0 Å². The predicted octanol–water partition coefficient (Wildman–Crippen LogP) is 3.80. The Balaban J connectivity index is 1.53. The van der Waals surface area contributed by atoms with Crippen molar-refractivity contribution in [3.8, 4) is 17.2 Å². The summed E-state index contributed by atoms with van der Waals surface area (Å²) in [6.45, 7) is 2.27. The fraction of sp³-hybridized carbons (Fsp3) is 0.435. The molecule has 1 saturated carbocycles. The molecule has 0 radical (unpaired) electrons. The monoisotopic (exact) mass is 380 g/mol. The number of hydrogen-bond acceptors (Lipinski definition) is 4. The molecule has 1 aliphatic heterocycles. The van der Waals surface area contributed by atoms with Crippen LogP contribution in [-0.4, -0.2) is 44.1 Å². The van der Waals surface area contributed by atoms with E-state index in [4.69, 9.17) is 9.47 Å². The Morgan fingerprint density at radius 3 is 2.50 bits per heavy atom. The maximum absolute atomic E-state index is 12.0. The van der Waals surface area contributed by atoms with Crippen LogP contribution in [0.4, 0.5) is 0 Å². The molecule has 2 aromatic rings. The van der Waals surface area contributed by atoms with E-state index in [-0.39, 0.29) is 5.91 Å². The molecule has 0 saturated heterocycles. The highest BCUT2D eigenvalue weighted by Gasteiger charge is 2.26. The van der Waals surface area contributed by atoms with Crippen LogP contribution in [0.3, 0.4) is 0 Å². The van der Waals surface area contributed by atoms with E-state index in [0.29, 0.717) is 17.1 Å². The predicted molar refractivity (Wildman–Crippen MR) is 110 cm³/mol. The van der Waals surface area contributed by atoms with Crippen LogP contribution >= 0.6 is 0 Å². The van der Waals surface area contributed by atoms with Gasteiger partial charge in [0, 0.05) is 31.7 Å². The average Bonchev–Trinajstić information content (AvgIpc) is 2.88. The number of benzene rings is 2. The molecule has 0 bridgehead atoms. The molecule has 4 rings (SSSR count). The summed E-state index contributed by atoms with van der Waals surface area (Å²) in [5.74, 6) is 1.79. The average molecular weight is 380 g/mol. The van der Waals surface area contributed by atoms with E-state index in [1.807, 2.05) is 6.07 Å². The lowest BCUT2D eigenvalue weighted by molar-refractivity contribution is 0.0962. The van der Waals surface area contributed by atoms with Crippen molar-refractivity contribution in [1.29, 1.82) is 0 Å². The maximum atomic E-state index is 12.0. The first-order valence-electron chi connectivity index (χ1n) is 10.1. The second kappa shape index (κ2) is 8.23. The highest BCUT2D eigenvalue weighted by atomic mass is 16.5. The molecule has 1 heterocycles. The lowest BCUT2D eigenvalue weighted by Gasteiger charge is -2.36. The van der Waals surface area contributed by atoms with Crippen molar-refractivity contribution >= 4 is 5.91 Å². The molecule has 2 aromatic carbocycles. The number of methoxy groups -OCH3 is 1. The van der Waals surface area contributed by atoms with Crippen molar-refractivity contribution in [2.75, 3.05) is 27.2 Å². The van der Waals surface area contributed by atoms with Gasteiger partial charge in [0.2, 0.25) is 0 Å². The van der Waals surface area contributed by atoms with Gasteiger partial charge in [-0.05, 0) is 67.1 Å². The first kappa shape index (κ1) is 18.8. The molecule has 5 nitrogen and oxygen atoms in total. The van der Waals surface area contributed by atoms with Crippen LogP contribution in [0.15, 0.2) is 36.4 Å². The molecule has 0 spiro atoms. The van der Waals surface area contributed by atoms with Gasteiger partial charge in [0.1, 0.15) is 5.75 Å². The van der Waals surface area contributed by atoms with E-state index >= 15 is 0 Å². The number of carbonyl (C=O) groups excluding carboxylic acids is 1. The van der Waals surface area contributed by atoms with Crippen LogP contribution in [0.1, 0.15) is 40.7 Å². The van der Waals surface area contributed by atoms with Gasteiger partial charge in [0.05, 0.1) is 7.11 Å². The highest BCUT2D eigenvalue weighted by molar-refractivity contribution is 5.94. The number of nitrogens with one attached hydrogen (secondary N) is 1. The zero-order valence-corrected chi connectivity index (χ0v) is 16.7. The Kier molecular flexibility index (Phi) is 5.53. The van der Waals surface area contributed by atoms with E-state index in [9.17, 15) is 4.79 Å². The Labute approximate surface area is 166 Å². The second-order valence-electron chi connectivity index (χ2n) is 7.60. The molecular weight excluding hydrogens is 352 g/mol. The molecule has 0 atom stereocenters. The summed E-state index contributed by atoms with van der Waals surface area (Å²) in [6.07, 6.45) is 6.24. The van der Waals surface area contributed by atoms with Gasteiger partial charge in [-0.25, -0.2) is 0 Å². The summed E-state index contributed by atoms with van der Waals surface area (Å²) in [7, 11) is 3.22. The lowest BCUT2D eigenvalue weighted by Crippen LogP contribution is -2.41. The minimum atomic E-state index is -0.148. The van der Waals surface area contributed by atoms with Crippen molar-refractivity contribution < 1.29 is 14.3 Å². The Hall–Kier alpha value is -2.53. The summed E-state index contributed by atoms with van der Waals surface area (Å²) in [4.78, 5) is 14.6. The lowest BCUT2D eigenvalue weighted by atomic mass is 9.91. The molecule has 0 aromatic heterocycles. The molecule has 148 valence electrons. The molecule has 1 aliphatic carbocycles. The Bertz CT molecular complexity index is 861. The standard InChI is InChI=1S/C23H28N2O3/c1-24-23(26)18-7-9-21(27-2)22(15-18)28-20-8-6-16-10-12-25(19-4-3-5-19)13-11-17(16)14-20/h6-9,14-15,19H,3-5,10-13H2,1-2H3,(H,24,26). The number of hydrogen-bond donors (Lipinski definition) is 1. The normalized spacial score (nSPS) is 17.2. The maximum Gasteiger partial charge on any atom is 0.251 e. The van der Waals surface area contributed by atoms with Crippen molar-refractivity contribution in [3.63, 3.8) is 0 Å². The quantitative estimate of drug-likeness (QED) is 0.857. The van der Waals surface area contributed by atoms with Crippen LogP contribution in [0.5, 0.6) is 17.2 Å². The molecule has 5 heteroatoms. The van der Waals surface area contributed by atoms with Crippen LogP contribution in [0, 0.1) is 0 Å². The number of rotatable bonds is 5. The molecule has 0 unspecified atom stereocenters. The summed E-state index contributed by atoms with van der Waals surface area (Å²) in [5.41, 5.74) is 3.32. The molecule has 28 heavy (non-hydrogen) atoms. The summed E-state index contributed by atoms with van der Waals surface area (Å²) >= 11 is 0. The Morgan fingerprint density at radius 2 is 1.82 bits per heavy atom. The van der Waals surface area contributed by atoms with E-state index in [1.54, 1.807) is 32.4 Å². The minimum absolute atomic E-state index is 0.148. The second-order valence-corrected chi connectivity index (χ2v) is 7.60. The number of ether oxygens (including phenoxy) is 2. The van der Waals surface area contributed by atoms with Crippen LogP contribution in [0.2, 0.25) is 0 Å². The molecule has 1 N–H and O–H groups in total. The third-order valence-electron chi connectivity index (χ3n) is 5.99. The number of nitrogens with zero attached hydrogens (tertiary/aromatic N) is 1. The van der Waals surface area contributed by atoms with Crippen LogP contribution in [-0.2, 0) is 12.8 Å². The molecule has 1 fully saturated rings. The minimum Gasteiger partial charge on any atom is -0.493 e. The first-order chi connectivity index (χ1) is 13.7. The fourth-order valence-electron chi connectivity index (χ4n) is 4.07. The van der Waals surface area contributed by atoms with E-state index in [1.165, 1.54) is 30.4 Å². The van der Waals surface area contributed by atoms with E-state index in [0.717, 1.165) is 37.7 Å². The molecule has 2 aliphatic rings. The van der Waals surface area contributed by atoms with Crippen LogP contribution < -0.4 is 14.8 Å². The van der Waals surface area contributed by atoms with Gasteiger partial charge >= 0.3 is 0 Å². The zero-order valence-electron chi connectivity index (χ0n) is 16.7. The number of fused-ring (bicyclic) bond motifs is 1. The summed E-state index contributed by atoms with van der Waals surface area (Å²) < 4.78 is 11.5. The van der Waals surface area contributed by atoms with Crippen molar-refractivity contribution in [1.82, 2.24) is 10.2 Å². The number of amides is 1. The van der Waals surface area contributed by atoms with Crippen molar-refractivity contribution in [3.05, 3.63) is 53.1 Å². The fourth-order valence-corrected chi connectivity index (χ4v) is 4.07. The number of carbonyl (C=O) groups is 1. The third kappa shape index (κ3) is 3.85. The summed E-state index contributed by atoms with van der Waals surface area (Å²) in [5, 5.41) is 2.64. The van der Waals surface area contributed by atoms with Gasteiger partial charge in [0.25, 0.3) is 5.91 Å². The van der Waals surface area contributed by atoms with E-state index in [2.05, 4.69) is 22.3 Å².